The van der Waals surface area contributed by atoms with E-state index in [9.17, 15) is 14.5 Å². The zero-order valence-corrected chi connectivity index (χ0v) is 17.7. The van der Waals surface area contributed by atoms with Crippen molar-refractivity contribution < 1.29 is 18.8 Å². The lowest BCUT2D eigenvalue weighted by atomic mass is 10.1. The average Bonchev–Trinajstić information content (AvgIpc) is 3.11. The number of rotatable bonds is 9. The fraction of sp³-hybridized carbons (Fsp3) is 0.250. The molecule has 0 fully saturated rings. The van der Waals surface area contributed by atoms with Crippen LogP contribution in [0.25, 0.3) is 0 Å². The van der Waals surface area contributed by atoms with Crippen LogP contribution in [0.1, 0.15) is 30.3 Å². The van der Waals surface area contributed by atoms with Gasteiger partial charge in [0.15, 0.2) is 11.6 Å². The van der Waals surface area contributed by atoms with E-state index in [1.54, 1.807) is 18.2 Å². The van der Waals surface area contributed by atoms with Crippen LogP contribution in [0.2, 0.25) is 0 Å². The SMILES string of the molecule is CCCOc1c(OC)cc(/C=N\n2c(Cc3ccc(F)cc3)n[nH]c2=S)cc1[N+](=O)[O-]. The van der Waals surface area contributed by atoms with Crippen molar-refractivity contribution in [1.82, 2.24) is 14.9 Å². The lowest BCUT2D eigenvalue weighted by Crippen LogP contribution is -2.04. The molecule has 0 spiro atoms. The van der Waals surface area contributed by atoms with Gasteiger partial charge in [-0.05, 0) is 42.4 Å². The Morgan fingerprint density at radius 2 is 2.10 bits per heavy atom. The average molecular weight is 445 g/mol. The van der Waals surface area contributed by atoms with Gasteiger partial charge < -0.3 is 9.47 Å². The Bertz CT molecular complexity index is 1160. The van der Waals surface area contributed by atoms with E-state index in [0.29, 0.717) is 30.8 Å². The minimum atomic E-state index is -0.533. The molecule has 2 aromatic carbocycles. The van der Waals surface area contributed by atoms with Crippen molar-refractivity contribution in [3.8, 4) is 11.5 Å². The summed E-state index contributed by atoms with van der Waals surface area (Å²) >= 11 is 5.23. The third-order valence-corrected chi connectivity index (χ3v) is 4.50. The van der Waals surface area contributed by atoms with E-state index >= 15 is 0 Å². The number of nitro benzene ring substituents is 1. The minimum Gasteiger partial charge on any atom is -0.493 e. The first-order valence-electron chi connectivity index (χ1n) is 9.37. The molecule has 3 aromatic rings. The van der Waals surface area contributed by atoms with Crippen LogP contribution < -0.4 is 9.47 Å². The van der Waals surface area contributed by atoms with Crippen molar-refractivity contribution in [2.45, 2.75) is 19.8 Å². The first-order chi connectivity index (χ1) is 14.9. The maximum absolute atomic E-state index is 13.1. The van der Waals surface area contributed by atoms with Gasteiger partial charge in [0.05, 0.1) is 24.9 Å². The number of halogens is 1. The quantitative estimate of drug-likeness (QED) is 0.228. The summed E-state index contributed by atoms with van der Waals surface area (Å²) in [4.78, 5) is 11.0. The van der Waals surface area contributed by atoms with Crippen molar-refractivity contribution in [3.63, 3.8) is 0 Å². The molecule has 162 valence electrons. The molecule has 0 saturated carbocycles. The summed E-state index contributed by atoms with van der Waals surface area (Å²) in [5.74, 6) is 0.467. The monoisotopic (exact) mass is 445 g/mol. The molecule has 11 heteroatoms. The first kappa shape index (κ1) is 22.1. The maximum atomic E-state index is 13.1. The molecule has 0 unspecified atom stereocenters. The molecule has 1 aromatic heterocycles. The van der Waals surface area contributed by atoms with Crippen molar-refractivity contribution >= 4 is 24.1 Å². The summed E-state index contributed by atoms with van der Waals surface area (Å²) < 4.78 is 25.6. The van der Waals surface area contributed by atoms with Gasteiger partial charge >= 0.3 is 5.69 Å². The number of hydrogen-bond donors (Lipinski definition) is 1. The van der Waals surface area contributed by atoms with Crippen LogP contribution in [0, 0.1) is 20.7 Å². The second kappa shape index (κ2) is 9.94. The second-order valence-corrected chi connectivity index (χ2v) is 6.87. The predicted molar refractivity (Wildman–Crippen MR) is 115 cm³/mol. The molecule has 0 radical (unpaired) electrons. The maximum Gasteiger partial charge on any atom is 0.315 e. The molecule has 1 heterocycles. The van der Waals surface area contributed by atoms with Crippen molar-refractivity contribution in [2.24, 2.45) is 5.10 Å². The second-order valence-electron chi connectivity index (χ2n) is 6.48. The Hall–Kier alpha value is -3.60. The molecule has 0 aliphatic carbocycles. The van der Waals surface area contributed by atoms with E-state index in [2.05, 4.69) is 15.3 Å². The van der Waals surface area contributed by atoms with Crippen molar-refractivity contribution in [1.29, 1.82) is 0 Å². The van der Waals surface area contributed by atoms with Crippen LogP contribution in [0.15, 0.2) is 41.5 Å². The predicted octanol–water partition coefficient (Wildman–Crippen LogP) is 4.26. The van der Waals surface area contributed by atoms with Gasteiger partial charge in [-0.1, -0.05) is 19.1 Å². The zero-order chi connectivity index (χ0) is 22.4. The molecule has 0 saturated heterocycles. The highest BCUT2D eigenvalue weighted by atomic mass is 32.1. The summed E-state index contributed by atoms with van der Waals surface area (Å²) in [6.07, 6.45) is 2.47. The van der Waals surface area contributed by atoms with E-state index < -0.39 is 4.92 Å². The Labute approximate surface area is 182 Å². The van der Waals surface area contributed by atoms with E-state index in [4.69, 9.17) is 21.7 Å². The lowest BCUT2D eigenvalue weighted by Gasteiger charge is -2.11. The molecule has 0 aliphatic heterocycles. The minimum absolute atomic E-state index is 0.0726. The number of nitrogens with zero attached hydrogens (tertiary/aromatic N) is 4. The zero-order valence-electron chi connectivity index (χ0n) is 16.9. The molecule has 31 heavy (non-hydrogen) atoms. The largest absolute Gasteiger partial charge is 0.493 e. The first-order valence-corrected chi connectivity index (χ1v) is 9.78. The van der Waals surface area contributed by atoms with Crippen LogP contribution in [0.5, 0.6) is 11.5 Å². The van der Waals surface area contributed by atoms with Crippen LogP contribution in [0.4, 0.5) is 10.1 Å². The van der Waals surface area contributed by atoms with Crippen molar-refractivity contribution in [3.05, 3.63) is 74.1 Å². The molecule has 3 rings (SSSR count). The van der Waals surface area contributed by atoms with Gasteiger partial charge in [0, 0.05) is 18.1 Å². The highest BCUT2D eigenvalue weighted by molar-refractivity contribution is 7.71. The highest BCUT2D eigenvalue weighted by Gasteiger charge is 2.22. The summed E-state index contributed by atoms with van der Waals surface area (Å²) in [5, 5.41) is 22.7. The number of H-pyrrole nitrogens is 1. The van der Waals surface area contributed by atoms with E-state index in [1.165, 1.54) is 36.2 Å². The third kappa shape index (κ3) is 5.31. The van der Waals surface area contributed by atoms with E-state index in [1.807, 2.05) is 6.92 Å². The number of aromatic nitrogens is 3. The number of aromatic amines is 1. The number of nitrogens with one attached hydrogen (secondary N) is 1. The Morgan fingerprint density at radius 1 is 1.35 bits per heavy atom. The van der Waals surface area contributed by atoms with Crippen LogP contribution in [0.3, 0.4) is 0 Å². The Kier molecular flexibility index (Phi) is 7.08. The van der Waals surface area contributed by atoms with Gasteiger partial charge in [0.1, 0.15) is 5.82 Å². The summed E-state index contributed by atoms with van der Waals surface area (Å²) in [6.45, 7) is 2.22. The Balaban J connectivity index is 1.94. The van der Waals surface area contributed by atoms with E-state index in [0.717, 1.165) is 5.56 Å². The number of methoxy groups -OCH3 is 1. The summed E-state index contributed by atoms with van der Waals surface area (Å²) in [7, 11) is 1.41. The molecule has 1 N–H and O–H groups in total. The van der Waals surface area contributed by atoms with Gasteiger partial charge in [-0.15, -0.1) is 0 Å². The van der Waals surface area contributed by atoms with E-state index in [-0.39, 0.29) is 27.8 Å². The molecular formula is C20H20FN5O4S. The van der Waals surface area contributed by atoms with Gasteiger partial charge in [-0.3, -0.25) is 15.2 Å². The topological polar surface area (TPSA) is 108 Å². The number of hydrogen-bond acceptors (Lipinski definition) is 7. The van der Waals surface area contributed by atoms with Gasteiger partial charge in [0.25, 0.3) is 0 Å². The number of benzene rings is 2. The van der Waals surface area contributed by atoms with Gasteiger partial charge in [-0.25, -0.2) is 4.39 Å². The molecular weight excluding hydrogens is 425 g/mol. The standard InChI is InChI=1S/C20H20FN5O4S/c1-3-8-30-19-16(26(27)28)9-14(10-17(19)29-2)12-22-25-18(23-24-20(25)31)11-13-4-6-15(21)7-5-13/h4-7,9-10,12H,3,8,11H2,1-2H3,(H,24,31)/b22-12-. The van der Waals surface area contributed by atoms with Crippen LogP contribution >= 0.6 is 12.2 Å². The fourth-order valence-electron chi connectivity index (χ4n) is 2.79. The van der Waals surface area contributed by atoms with Gasteiger partial charge in [0.2, 0.25) is 10.5 Å². The normalized spacial score (nSPS) is 11.1. The van der Waals surface area contributed by atoms with Crippen LogP contribution in [-0.2, 0) is 6.42 Å². The number of ether oxygens (including phenoxy) is 2. The van der Waals surface area contributed by atoms with Crippen LogP contribution in [-0.4, -0.2) is 39.7 Å². The molecule has 0 amide bonds. The molecule has 0 aliphatic rings. The molecule has 0 bridgehead atoms. The fourth-order valence-corrected chi connectivity index (χ4v) is 2.98. The smallest absolute Gasteiger partial charge is 0.315 e. The third-order valence-electron chi connectivity index (χ3n) is 4.24. The highest BCUT2D eigenvalue weighted by Crippen LogP contribution is 2.38. The molecule has 0 atom stereocenters. The summed E-state index contributed by atoms with van der Waals surface area (Å²) in [5.41, 5.74) is 1.02. The molecule has 9 nitrogen and oxygen atoms in total. The lowest BCUT2D eigenvalue weighted by molar-refractivity contribution is -0.386. The summed E-state index contributed by atoms with van der Waals surface area (Å²) in [6, 6.07) is 8.94. The Morgan fingerprint density at radius 3 is 2.74 bits per heavy atom. The number of nitro groups is 1. The van der Waals surface area contributed by atoms with Crippen molar-refractivity contribution in [2.75, 3.05) is 13.7 Å². The van der Waals surface area contributed by atoms with Gasteiger partial charge in [-0.2, -0.15) is 14.9 Å².